The van der Waals surface area contributed by atoms with Crippen molar-refractivity contribution in [3.8, 4) is 0 Å². The molecule has 2 fully saturated rings. The van der Waals surface area contributed by atoms with E-state index in [1.54, 1.807) is 10.4 Å². The fourth-order valence-electron chi connectivity index (χ4n) is 4.28. The van der Waals surface area contributed by atoms with E-state index in [1.165, 1.54) is 24.0 Å². The Bertz CT molecular complexity index is 827. The van der Waals surface area contributed by atoms with E-state index in [9.17, 15) is 13.2 Å². The second-order valence-corrected chi connectivity index (χ2v) is 10.6. The number of fused-ring (bicyclic) bond motifs is 1. The van der Waals surface area contributed by atoms with Gasteiger partial charge in [-0.1, -0.05) is 6.07 Å². The molecule has 6 nitrogen and oxygen atoms in total. The van der Waals surface area contributed by atoms with Crippen LogP contribution in [-0.4, -0.2) is 51.5 Å². The van der Waals surface area contributed by atoms with Crippen LogP contribution in [0.3, 0.4) is 0 Å². The standard InChI is InChI=1S/C22H32N2O4S/c25-22(23-11-2-14-28-16-17-5-6-17)19-9-12-24(13-10-19)29(26,27)21-8-7-18-3-1-4-20(18)15-21/h7-8,15,17,19H,1-6,9-14,16H2,(H,23,25). The van der Waals surface area contributed by atoms with Crippen LogP contribution in [0.1, 0.15) is 49.7 Å². The van der Waals surface area contributed by atoms with Crippen LogP contribution in [0.25, 0.3) is 0 Å². The van der Waals surface area contributed by atoms with Gasteiger partial charge in [0.1, 0.15) is 0 Å². The zero-order chi connectivity index (χ0) is 20.3. The fraction of sp³-hybridized carbons (Fsp3) is 0.682. The molecule has 1 aliphatic heterocycles. The number of aryl methyl sites for hydroxylation is 2. The number of hydrogen-bond donors (Lipinski definition) is 1. The number of rotatable bonds is 9. The highest BCUT2D eigenvalue weighted by molar-refractivity contribution is 7.89. The lowest BCUT2D eigenvalue weighted by molar-refractivity contribution is -0.126. The molecule has 1 aromatic rings. The van der Waals surface area contributed by atoms with Gasteiger partial charge in [-0.25, -0.2) is 8.42 Å². The van der Waals surface area contributed by atoms with Gasteiger partial charge in [-0.05, 0) is 80.5 Å². The third kappa shape index (κ3) is 5.19. The van der Waals surface area contributed by atoms with Gasteiger partial charge in [0.2, 0.25) is 15.9 Å². The van der Waals surface area contributed by atoms with Crippen LogP contribution < -0.4 is 5.32 Å². The first-order valence-electron chi connectivity index (χ1n) is 11.0. The monoisotopic (exact) mass is 420 g/mol. The highest BCUT2D eigenvalue weighted by atomic mass is 32.2. The van der Waals surface area contributed by atoms with Gasteiger partial charge in [0.25, 0.3) is 0 Å². The van der Waals surface area contributed by atoms with Crippen LogP contribution in [0.2, 0.25) is 0 Å². The summed E-state index contributed by atoms with van der Waals surface area (Å²) in [5.41, 5.74) is 2.44. The Kier molecular flexibility index (Phi) is 6.56. The molecule has 1 aromatic carbocycles. The second-order valence-electron chi connectivity index (χ2n) is 8.63. The minimum absolute atomic E-state index is 0.0433. The molecule has 1 N–H and O–H groups in total. The van der Waals surface area contributed by atoms with Gasteiger partial charge in [-0.2, -0.15) is 4.31 Å². The van der Waals surface area contributed by atoms with Crippen molar-refractivity contribution in [2.75, 3.05) is 32.8 Å². The molecular weight excluding hydrogens is 388 g/mol. The van der Waals surface area contributed by atoms with E-state index in [4.69, 9.17) is 4.74 Å². The van der Waals surface area contributed by atoms with Crippen molar-refractivity contribution in [1.82, 2.24) is 9.62 Å². The van der Waals surface area contributed by atoms with Gasteiger partial charge in [0.15, 0.2) is 0 Å². The first kappa shape index (κ1) is 20.8. The largest absolute Gasteiger partial charge is 0.381 e. The minimum atomic E-state index is -3.48. The van der Waals surface area contributed by atoms with Crippen molar-refractivity contribution in [2.45, 2.75) is 56.3 Å². The average molecular weight is 421 g/mol. The van der Waals surface area contributed by atoms with E-state index in [2.05, 4.69) is 5.32 Å². The molecule has 0 bridgehead atoms. The van der Waals surface area contributed by atoms with E-state index in [0.717, 1.165) is 38.2 Å². The molecule has 160 valence electrons. The van der Waals surface area contributed by atoms with Gasteiger partial charge in [-0.3, -0.25) is 4.79 Å². The molecule has 0 unspecified atom stereocenters. The molecule has 3 aliphatic rings. The van der Waals surface area contributed by atoms with Gasteiger partial charge in [0.05, 0.1) is 4.90 Å². The molecule has 0 spiro atoms. The number of nitrogens with one attached hydrogen (secondary N) is 1. The molecule has 7 heteroatoms. The normalized spacial score (nSPS) is 20.6. The Morgan fingerprint density at radius 3 is 2.62 bits per heavy atom. The highest BCUT2D eigenvalue weighted by Gasteiger charge is 2.32. The molecule has 1 saturated heterocycles. The summed E-state index contributed by atoms with van der Waals surface area (Å²) in [6, 6.07) is 5.55. The maximum Gasteiger partial charge on any atom is 0.243 e. The van der Waals surface area contributed by atoms with Gasteiger partial charge in [0, 0.05) is 38.8 Å². The van der Waals surface area contributed by atoms with Crippen LogP contribution in [0.5, 0.6) is 0 Å². The number of sulfonamides is 1. The van der Waals surface area contributed by atoms with E-state index in [1.807, 2.05) is 12.1 Å². The fourth-order valence-corrected chi connectivity index (χ4v) is 5.80. The lowest BCUT2D eigenvalue weighted by Crippen LogP contribution is -2.43. The zero-order valence-electron chi connectivity index (χ0n) is 17.1. The van der Waals surface area contributed by atoms with Crippen LogP contribution in [0.15, 0.2) is 23.1 Å². The van der Waals surface area contributed by atoms with Gasteiger partial charge in [-0.15, -0.1) is 0 Å². The van der Waals surface area contributed by atoms with Gasteiger partial charge >= 0.3 is 0 Å². The van der Waals surface area contributed by atoms with Crippen LogP contribution in [-0.2, 0) is 32.4 Å². The third-order valence-corrected chi connectivity index (χ3v) is 8.24. The number of carbonyl (C=O) groups is 1. The zero-order valence-corrected chi connectivity index (χ0v) is 17.9. The number of ether oxygens (including phenoxy) is 1. The van der Waals surface area contributed by atoms with E-state index < -0.39 is 10.0 Å². The summed E-state index contributed by atoms with van der Waals surface area (Å²) in [7, 11) is -3.48. The molecule has 0 radical (unpaired) electrons. The van der Waals surface area contributed by atoms with Crippen molar-refractivity contribution in [3.63, 3.8) is 0 Å². The van der Waals surface area contributed by atoms with Crippen LogP contribution in [0, 0.1) is 11.8 Å². The Morgan fingerprint density at radius 1 is 1.10 bits per heavy atom. The first-order valence-corrected chi connectivity index (χ1v) is 12.5. The number of nitrogens with zero attached hydrogens (tertiary/aromatic N) is 1. The van der Waals surface area contributed by atoms with E-state index >= 15 is 0 Å². The predicted molar refractivity (Wildman–Crippen MR) is 111 cm³/mol. The second kappa shape index (κ2) is 9.14. The summed E-state index contributed by atoms with van der Waals surface area (Å²) in [5, 5.41) is 2.98. The Balaban J connectivity index is 1.21. The third-order valence-electron chi connectivity index (χ3n) is 6.35. The van der Waals surface area contributed by atoms with E-state index in [-0.39, 0.29) is 11.8 Å². The summed E-state index contributed by atoms with van der Waals surface area (Å²) in [6.07, 6.45) is 7.67. The summed E-state index contributed by atoms with van der Waals surface area (Å²) in [4.78, 5) is 12.8. The SMILES string of the molecule is O=C(NCCCOCC1CC1)C1CCN(S(=O)(=O)c2ccc3c(c2)CCC3)CC1. The number of amides is 1. The van der Waals surface area contributed by atoms with Crippen molar-refractivity contribution in [1.29, 1.82) is 0 Å². The average Bonchev–Trinajstić information content (AvgIpc) is 3.44. The minimum Gasteiger partial charge on any atom is -0.381 e. The number of hydrogen-bond acceptors (Lipinski definition) is 4. The number of carbonyl (C=O) groups excluding carboxylic acids is 1. The van der Waals surface area contributed by atoms with Crippen LogP contribution in [0.4, 0.5) is 0 Å². The highest BCUT2D eigenvalue weighted by Crippen LogP contribution is 2.29. The summed E-state index contributed by atoms with van der Waals surface area (Å²) < 4.78 is 33.1. The molecule has 1 amide bonds. The molecule has 2 aliphatic carbocycles. The smallest absolute Gasteiger partial charge is 0.243 e. The summed E-state index contributed by atoms with van der Waals surface area (Å²) >= 11 is 0. The Hall–Kier alpha value is -1.44. The van der Waals surface area contributed by atoms with Crippen molar-refractivity contribution >= 4 is 15.9 Å². The topological polar surface area (TPSA) is 75.7 Å². The van der Waals surface area contributed by atoms with E-state index in [0.29, 0.717) is 44.0 Å². The molecule has 1 saturated carbocycles. The van der Waals surface area contributed by atoms with Gasteiger partial charge < -0.3 is 10.1 Å². The van der Waals surface area contributed by atoms with Crippen molar-refractivity contribution < 1.29 is 17.9 Å². The molecule has 1 heterocycles. The number of benzene rings is 1. The number of piperidine rings is 1. The lowest BCUT2D eigenvalue weighted by Gasteiger charge is -2.30. The molecular formula is C22H32N2O4S. The molecule has 4 rings (SSSR count). The molecule has 29 heavy (non-hydrogen) atoms. The lowest BCUT2D eigenvalue weighted by atomic mass is 9.97. The first-order chi connectivity index (χ1) is 14.0. The van der Waals surface area contributed by atoms with Crippen molar-refractivity contribution in [3.05, 3.63) is 29.3 Å². The summed E-state index contributed by atoms with van der Waals surface area (Å²) in [5.74, 6) is 0.707. The quantitative estimate of drug-likeness (QED) is 0.623. The Morgan fingerprint density at radius 2 is 1.86 bits per heavy atom. The van der Waals surface area contributed by atoms with Crippen molar-refractivity contribution in [2.24, 2.45) is 11.8 Å². The summed E-state index contributed by atoms with van der Waals surface area (Å²) in [6.45, 7) is 2.97. The maximum absolute atomic E-state index is 13.0. The Labute approximate surface area is 174 Å². The van der Waals surface area contributed by atoms with Crippen LogP contribution >= 0.6 is 0 Å². The predicted octanol–water partition coefficient (Wildman–Crippen LogP) is 2.51. The molecule has 0 aromatic heterocycles. The maximum atomic E-state index is 13.0. The molecule has 0 atom stereocenters.